The highest BCUT2D eigenvalue weighted by Gasteiger charge is 2.13. The summed E-state index contributed by atoms with van der Waals surface area (Å²) < 4.78 is 0. The summed E-state index contributed by atoms with van der Waals surface area (Å²) in [7, 11) is 2.00. The van der Waals surface area contributed by atoms with E-state index < -0.39 is 0 Å². The quantitative estimate of drug-likeness (QED) is 0.698. The molecule has 1 aromatic carbocycles. The number of likely N-dealkylation sites (N-methyl/N-ethyl adjacent to an activating group) is 1. The number of aldehydes is 1. The molecule has 0 aliphatic rings. The summed E-state index contributed by atoms with van der Waals surface area (Å²) in [6.45, 7) is 0.841. The van der Waals surface area contributed by atoms with Crippen molar-refractivity contribution in [3.63, 3.8) is 0 Å². The molecule has 0 saturated carbocycles. The number of nitrogens with zero attached hydrogens (tertiary/aromatic N) is 1. The van der Waals surface area contributed by atoms with E-state index in [2.05, 4.69) is 20.9 Å². The second-order valence-corrected chi connectivity index (χ2v) is 4.92. The minimum absolute atomic E-state index is 0.731. The molecule has 20 heavy (non-hydrogen) atoms. The van der Waals surface area contributed by atoms with Crippen LogP contribution in [0.4, 0.5) is 5.82 Å². The number of carbonyl (C=O) groups excluding carboxylic acids is 1. The molecular weight excluding hydrogens is 250 g/mol. The molecule has 2 aromatic heterocycles. The van der Waals surface area contributed by atoms with E-state index in [1.807, 2.05) is 43.6 Å². The van der Waals surface area contributed by atoms with Gasteiger partial charge in [0, 0.05) is 42.8 Å². The van der Waals surface area contributed by atoms with Crippen molar-refractivity contribution >= 4 is 23.0 Å². The fourth-order valence-corrected chi connectivity index (χ4v) is 2.49. The topological polar surface area (TPSA) is 51.9 Å². The number of anilines is 1. The molecule has 0 aliphatic carbocycles. The molecule has 0 aliphatic heterocycles. The van der Waals surface area contributed by atoms with E-state index in [1.54, 1.807) is 0 Å². The van der Waals surface area contributed by atoms with Crippen molar-refractivity contribution in [2.24, 2.45) is 0 Å². The first-order valence-electron chi connectivity index (χ1n) is 6.69. The average molecular weight is 267 g/mol. The fraction of sp³-hybridized carbons (Fsp3) is 0.188. The second-order valence-electron chi connectivity index (χ2n) is 4.92. The van der Waals surface area contributed by atoms with Gasteiger partial charge in [0.05, 0.1) is 5.56 Å². The van der Waals surface area contributed by atoms with Crippen LogP contribution in [0.3, 0.4) is 0 Å². The largest absolute Gasteiger partial charge is 0.365 e. The van der Waals surface area contributed by atoms with Gasteiger partial charge in [0.1, 0.15) is 5.82 Å². The van der Waals surface area contributed by atoms with Gasteiger partial charge in [-0.3, -0.25) is 4.79 Å². The molecule has 4 heteroatoms. The van der Waals surface area contributed by atoms with Crippen molar-refractivity contribution < 1.29 is 4.79 Å². The van der Waals surface area contributed by atoms with Gasteiger partial charge in [-0.25, -0.2) is 0 Å². The molecule has 0 amide bonds. The Kier molecular flexibility index (Phi) is 3.29. The van der Waals surface area contributed by atoms with E-state index in [0.29, 0.717) is 0 Å². The van der Waals surface area contributed by atoms with Crippen molar-refractivity contribution in [3.05, 3.63) is 53.9 Å². The lowest BCUT2D eigenvalue weighted by molar-refractivity contribution is 0.112. The normalized spacial score (nSPS) is 10.8. The maximum atomic E-state index is 11.4. The molecule has 0 radical (unpaired) electrons. The van der Waals surface area contributed by atoms with E-state index in [0.717, 1.165) is 41.5 Å². The van der Waals surface area contributed by atoms with Gasteiger partial charge in [0.2, 0.25) is 0 Å². The van der Waals surface area contributed by atoms with Crippen LogP contribution in [-0.2, 0) is 6.42 Å². The summed E-state index contributed by atoms with van der Waals surface area (Å²) in [6.07, 6.45) is 3.77. The highest BCUT2D eigenvalue weighted by molar-refractivity contribution is 6.03. The van der Waals surface area contributed by atoms with Gasteiger partial charge >= 0.3 is 0 Å². The summed E-state index contributed by atoms with van der Waals surface area (Å²) in [5.74, 6) is 0.882. The molecular formula is C16H17N3O. The number of hydrogen-bond acceptors (Lipinski definition) is 2. The summed E-state index contributed by atoms with van der Waals surface area (Å²) in [4.78, 5) is 20.0. The van der Waals surface area contributed by atoms with Crippen LogP contribution in [0, 0.1) is 0 Å². The van der Waals surface area contributed by atoms with Gasteiger partial charge in [0.15, 0.2) is 6.29 Å². The average Bonchev–Trinajstić information content (AvgIpc) is 3.11. The number of aromatic amines is 2. The first kappa shape index (κ1) is 12.5. The van der Waals surface area contributed by atoms with Crippen LogP contribution < -0.4 is 4.90 Å². The van der Waals surface area contributed by atoms with Crippen LogP contribution in [0.1, 0.15) is 16.1 Å². The second kappa shape index (κ2) is 5.25. The number of hydrogen-bond donors (Lipinski definition) is 2. The first-order chi connectivity index (χ1) is 9.79. The van der Waals surface area contributed by atoms with Gasteiger partial charge in [-0.2, -0.15) is 0 Å². The predicted molar refractivity (Wildman–Crippen MR) is 81.5 cm³/mol. The van der Waals surface area contributed by atoms with E-state index in [-0.39, 0.29) is 0 Å². The third-order valence-corrected chi connectivity index (χ3v) is 3.60. The Morgan fingerprint density at radius 1 is 1.20 bits per heavy atom. The molecule has 102 valence electrons. The molecule has 0 bridgehead atoms. The van der Waals surface area contributed by atoms with Crippen LogP contribution in [-0.4, -0.2) is 29.8 Å². The summed E-state index contributed by atoms with van der Waals surface area (Å²) in [5.41, 5.74) is 2.92. The number of para-hydroxylation sites is 1. The Hall–Kier alpha value is -2.49. The highest BCUT2D eigenvalue weighted by atomic mass is 16.1. The van der Waals surface area contributed by atoms with Gasteiger partial charge in [-0.1, -0.05) is 18.2 Å². The monoisotopic (exact) mass is 267 g/mol. The highest BCUT2D eigenvalue weighted by Crippen LogP contribution is 2.26. The minimum atomic E-state index is 0.731. The minimum Gasteiger partial charge on any atom is -0.365 e. The van der Waals surface area contributed by atoms with E-state index in [9.17, 15) is 4.79 Å². The molecule has 0 spiro atoms. The lowest BCUT2D eigenvalue weighted by atomic mass is 10.2. The van der Waals surface area contributed by atoms with E-state index in [1.165, 1.54) is 5.69 Å². The lowest BCUT2D eigenvalue weighted by Gasteiger charge is -2.17. The maximum Gasteiger partial charge on any atom is 0.154 e. The Balaban J connectivity index is 1.87. The van der Waals surface area contributed by atoms with Crippen molar-refractivity contribution in [2.45, 2.75) is 6.42 Å². The molecule has 3 rings (SSSR count). The van der Waals surface area contributed by atoms with Crippen LogP contribution in [0.2, 0.25) is 0 Å². The standard InChI is InChI=1S/C16H17N3O/c1-19(10-8-12-5-4-9-17-12)16-14(11-20)13-6-2-3-7-15(13)18-16/h2-7,9,11,17-18H,8,10H2,1H3. The Bertz CT molecular complexity index is 712. The zero-order valence-electron chi connectivity index (χ0n) is 11.4. The Morgan fingerprint density at radius 2 is 2.05 bits per heavy atom. The zero-order valence-corrected chi connectivity index (χ0v) is 11.4. The van der Waals surface area contributed by atoms with Crippen LogP contribution in [0.15, 0.2) is 42.6 Å². The molecule has 0 saturated heterocycles. The number of aromatic nitrogens is 2. The number of fused-ring (bicyclic) bond motifs is 1. The van der Waals surface area contributed by atoms with Crippen LogP contribution >= 0.6 is 0 Å². The first-order valence-corrected chi connectivity index (χ1v) is 6.69. The van der Waals surface area contributed by atoms with Crippen LogP contribution in [0.25, 0.3) is 10.9 Å². The summed E-state index contributed by atoms with van der Waals surface area (Å²) in [5, 5.41) is 0.976. The summed E-state index contributed by atoms with van der Waals surface area (Å²) in [6, 6.07) is 11.9. The molecule has 0 fully saturated rings. The maximum absolute atomic E-state index is 11.4. The molecule has 2 heterocycles. The third-order valence-electron chi connectivity index (χ3n) is 3.60. The molecule has 0 atom stereocenters. The van der Waals surface area contributed by atoms with Gasteiger partial charge < -0.3 is 14.9 Å². The van der Waals surface area contributed by atoms with Crippen molar-refractivity contribution in [2.75, 3.05) is 18.5 Å². The molecule has 2 N–H and O–H groups in total. The van der Waals surface area contributed by atoms with Gasteiger partial charge in [-0.05, 0) is 18.2 Å². The fourth-order valence-electron chi connectivity index (χ4n) is 2.49. The molecule has 0 unspecified atom stereocenters. The number of rotatable bonds is 5. The van der Waals surface area contributed by atoms with Gasteiger partial charge in [0.25, 0.3) is 0 Å². The lowest BCUT2D eigenvalue weighted by Crippen LogP contribution is -2.21. The van der Waals surface area contributed by atoms with Crippen molar-refractivity contribution in [1.82, 2.24) is 9.97 Å². The molecule has 3 aromatic rings. The zero-order chi connectivity index (χ0) is 13.9. The molecule has 4 nitrogen and oxygen atoms in total. The van der Waals surface area contributed by atoms with Crippen molar-refractivity contribution in [3.8, 4) is 0 Å². The van der Waals surface area contributed by atoms with E-state index in [4.69, 9.17) is 0 Å². The number of benzene rings is 1. The predicted octanol–water partition coefficient (Wildman–Crippen LogP) is 2.99. The number of nitrogens with one attached hydrogen (secondary N) is 2. The summed E-state index contributed by atoms with van der Waals surface area (Å²) >= 11 is 0. The smallest absolute Gasteiger partial charge is 0.154 e. The number of carbonyl (C=O) groups is 1. The van der Waals surface area contributed by atoms with Crippen LogP contribution in [0.5, 0.6) is 0 Å². The Labute approximate surface area is 117 Å². The third kappa shape index (κ3) is 2.20. The van der Waals surface area contributed by atoms with E-state index >= 15 is 0 Å². The Morgan fingerprint density at radius 3 is 2.80 bits per heavy atom. The van der Waals surface area contributed by atoms with Crippen molar-refractivity contribution in [1.29, 1.82) is 0 Å². The SMILES string of the molecule is CN(CCc1ccc[nH]1)c1[nH]c2ccccc2c1C=O. The number of H-pyrrole nitrogens is 2. The van der Waals surface area contributed by atoms with Gasteiger partial charge in [-0.15, -0.1) is 0 Å².